The lowest BCUT2D eigenvalue weighted by Gasteiger charge is -2.49. The number of hydrogen-bond donors (Lipinski definition) is 0. The molecule has 0 spiro atoms. The fourth-order valence-corrected chi connectivity index (χ4v) is 4.94. The second-order valence-electron chi connectivity index (χ2n) is 8.52. The molecule has 1 aromatic heterocycles. The van der Waals surface area contributed by atoms with E-state index >= 15 is 0 Å². The number of rotatable bonds is 8. The number of aryl methyl sites for hydroxylation is 1. The molecule has 2 heterocycles. The second kappa shape index (κ2) is 9.92. The zero-order valence-electron chi connectivity index (χ0n) is 18.6. The molecule has 3 rings (SSSR count). The Morgan fingerprint density at radius 3 is 2.26 bits per heavy atom. The van der Waals surface area contributed by atoms with Crippen molar-refractivity contribution in [2.45, 2.75) is 50.7 Å². The highest BCUT2D eigenvalue weighted by atomic mass is 19.4. The van der Waals surface area contributed by atoms with E-state index in [1.165, 1.54) is 12.1 Å². The van der Waals surface area contributed by atoms with Crippen molar-refractivity contribution in [2.75, 3.05) is 19.7 Å². The maximum absolute atomic E-state index is 14.4. The number of nitrogens with zero attached hydrogens (tertiary/aromatic N) is 3. The number of halogens is 6. The van der Waals surface area contributed by atoms with E-state index in [1.807, 2.05) is 6.07 Å². The van der Waals surface area contributed by atoms with Crippen LogP contribution in [0.5, 0.6) is 0 Å². The molecule has 4 nitrogen and oxygen atoms in total. The maximum Gasteiger partial charge on any atom is 0.427 e. The fraction of sp³-hybridized carbons (Fsp3) is 0.500. The number of aromatic nitrogens is 1. The van der Waals surface area contributed by atoms with Crippen molar-refractivity contribution in [3.63, 3.8) is 0 Å². The molecular formula is C24H25F6N3O. The lowest BCUT2D eigenvalue weighted by atomic mass is 9.66. The van der Waals surface area contributed by atoms with Gasteiger partial charge >= 0.3 is 12.4 Å². The van der Waals surface area contributed by atoms with Crippen molar-refractivity contribution in [2.24, 2.45) is 5.41 Å². The molecule has 10 heteroatoms. The van der Waals surface area contributed by atoms with Gasteiger partial charge in [0.25, 0.3) is 5.60 Å². The van der Waals surface area contributed by atoms with Gasteiger partial charge in [-0.15, -0.1) is 0 Å². The highest BCUT2D eigenvalue weighted by molar-refractivity contribution is 5.32. The van der Waals surface area contributed by atoms with Gasteiger partial charge in [-0.2, -0.15) is 31.6 Å². The quantitative estimate of drug-likeness (QED) is 0.452. The molecule has 1 saturated heterocycles. The van der Waals surface area contributed by atoms with E-state index in [0.717, 1.165) is 6.92 Å². The van der Waals surface area contributed by atoms with Gasteiger partial charge in [0.1, 0.15) is 0 Å². The van der Waals surface area contributed by atoms with Crippen LogP contribution in [0.25, 0.3) is 0 Å². The van der Waals surface area contributed by atoms with Crippen molar-refractivity contribution in [3.05, 3.63) is 65.5 Å². The highest BCUT2D eigenvalue weighted by Gasteiger charge is 2.81. The van der Waals surface area contributed by atoms with Crippen LogP contribution in [0.2, 0.25) is 0 Å². The molecule has 1 fully saturated rings. The molecule has 0 N–H and O–H groups in total. The third-order valence-corrected chi connectivity index (χ3v) is 6.44. The van der Waals surface area contributed by atoms with Gasteiger partial charge in [0, 0.05) is 37.5 Å². The molecular weight excluding hydrogens is 460 g/mol. The number of ether oxygens (including phenoxy) is 1. The summed E-state index contributed by atoms with van der Waals surface area (Å²) in [4.78, 5) is 5.57. The van der Waals surface area contributed by atoms with Crippen LogP contribution in [0, 0.1) is 16.7 Å². The van der Waals surface area contributed by atoms with E-state index in [1.54, 1.807) is 41.6 Å². The Hall–Kier alpha value is -2.64. The van der Waals surface area contributed by atoms with Gasteiger partial charge in [-0.05, 0) is 62.1 Å². The molecule has 0 aliphatic carbocycles. The highest BCUT2D eigenvalue weighted by Crippen LogP contribution is 2.60. The Kier molecular flexibility index (Phi) is 7.58. The van der Waals surface area contributed by atoms with Gasteiger partial charge in [-0.1, -0.05) is 18.2 Å². The molecule has 1 atom stereocenters. The molecule has 0 amide bonds. The van der Waals surface area contributed by atoms with Gasteiger partial charge in [-0.3, -0.25) is 9.88 Å². The number of pyridine rings is 1. The molecule has 34 heavy (non-hydrogen) atoms. The van der Waals surface area contributed by atoms with E-state index in [9.17, 15) is 26.3 Å². The Labute approximate surface area is 194 Å². The molecule has 1 aliphatic heterocycles. The molecule has 0 unspecified atom stereocenters. The predicted octanol–water partition coefficient (Wildman–Crippen LogP) is 5.68. The molecule has 184 valence electrons. The predicted molar refractivity (Wildman–Crippen MR) is 113 cm³/mol. The maximum atomic E-state index is 14.4. The van der Waals surface area contributed by atoms with Crippen LogP contribution >= 0.6 is 0 Å². The van der Waals surface area contributed by atoms with Crippen LogP contribution < -0.4 is 0 Å². The van der Waals surface area contributed by atoms with E-state index in [0.29, 0.717) is 16.7 Å². The van der Waals surface area contributed by atoms with Crippen LogP contribution in [-0.2, 0) is 17.7 Å². The third kappa shape index (κ3) is 4.91. The van der Waals surface area contributed by atoms with E-state index < -0.39 is 36.5 Å². The minimum absolute atomic E-state index is 0.0204. The average Bonchev–Trinajstić information content (AvgIpc) is 3.19. The lowest BCUT2D eigenvalue weighted by Crippen LogP contribution is -2.69. The Bertz CT molecular complexity index is 971. The van der Waals surface area contributed by atoms with Crippen molar-refractivity contribution in [1.29, 1.82) is 5.26 Å². The van der Waals surface area contributed by atoms with Gasteiger partial charge in [0.2, 0.25) is 0 Å². The average molecular weight is 485 g/mol. The van der Waals surface area contributed by atoms with Gasteiger partial charge < -0.3 is 4.74 Å². The van der Waals surface area contributed by atoms with Crippen molar-refractivity contribution >= 4 is 0 Å². The Balaban J connectivity index is 2.02. The van der Waals surface area contributed by atoms with Gasteiger partial charge in [-0.25, -0.2) is 0 Å². The molecule has 1 aliphatic rings. The summed E-state index contributed by atoms with van der Waals surface area (Å²) in [6, 6.07) is 11.4. The first kappa shape index (κ1) is 26.0. The molecule has 0 saturated carbocycles. The summed E-state index contributed by atoms with van der Waals surface area (Å²) in [5.41, 5.74) is -4.95. The summed E-state index contributed by atoms with van der Waals surface area (Å²) in [5.74, 6) is 0. The minimum atomic E-state index is -5.67. The molecule has 0 bridgehead atoms. The lowest BCUT2D eigenvalue weighted by molar-refractivity contribution is -0.414. The van der Waals surface area contributed by atoms with E-state index in [-0.39, 0.29) is 32.4 Å². The number of likely N-dealkylation sites (tertiary alicyclic amines) is 1. The van der Waals surface area contributed by atoms with E-state index in [2.05, 4.69) is 4.98 Å². The number of benzene rings is 1. The summed E-state index contributed by atoms with van der Waals surface area (Å²) in [7, 11) is 0. The molecule has 2 aromatic rings. The monoisotopic (exact) mass is 485 g/mol. The topological polar surface area (TPSA) is 49.1 Å². The van der Waals surface area contributed by atoms with Crippen LogP contribution in [0.3, 0.4) is 0 Å². The number of hydrogen-bond acceptors (Lipinski definition) is 4. The summed E-state index contributed by atoms with van der Waals surface area (Å²) >= 11 is 0. The van der Waals surface area contributed by atoms with Crippen LogP contribution in [0.1, 0.15) is 36.5 Å². The summed E-state index contributed by atoms with van der Waals surface area (Å²) in [6.45, 7) is 0.216. The van der Waals surface area contributed by atoms with Crippen LogP contribution in [0.4, 0.5) is 26.3 Å². The Morgan fingerprint density at radius 2 is 1.74 bits per heavy atom. The third-order valence-electron chi connectivity index (χ3n) is 6.44. The fourth-order valence-electron chi connectivity index (χ4n) is 4.94. The first-order valence-electron chi connectivity index (χ1n) is 10.9. The summed E-state index contributed by atoms with van der Waals surface area (Å²) in [6.07, 6.45) is -8.99. The van der Waals surface area contributed by atoms with E-state index in [4.69, 9.17) is 10.00 Å². The van der Waals surface area contributed by atoms with Crippen molar-refractivity contribution in [1.82, 2.24) is 9.88 Å². The first-order valence-corrected chi connectivity index (χ1v) is 10.9. The van der Waals surface area contributed by atoms with Crippen molar-refractivity contribution in [3.8, 4) is 6.07 Å². The van der Waals surface area contributed by atoms with Crippen LogP contribution in [0.15, 0.2) is 48.8 Å². The summed E-state index contributed by atoms with van der Waals surface area (Å²) < 4.78 is 91.3. The first-order chi connectivity index (χ1) is 16.0. The zero-order chi connectivity index (χ0) is 25.0. The standard InChI is InChI=1S/C24H25F6N3O/c1-2-34-22(23(25,26)27,24(28,29)30)21(10-9-18-5-7-19(14-31)8-6-18)11-13-33(17-21)16-20-4-3-12-32-15-20/h3-8,12,15H,2,9-11,13,16-17H2,1H3/t21-/m0/s1. The number of nitriles is 1. The number of alkyl halides is 6. The van der Waals surface area contributed by atoms with Gasteiger partial charge in [0.15, 0.2) is 0 Å². The second-order valence-corrected chi connectivity index (χ2v) is 8.52. The van der Waals surface area contributed by atoms with Crippen LogP contribution in [-0.4, -0.2) is 47.5 Å². The normalized spacial score (nSPS) is 19.8. The van der Waals surface area contributed by atoms with Crippen molar-refractivity contribution < 1.29 is 31.1 Å². The minimum Gasteiger partial charge on any atom is -0.358 e. The largest absolute Gasteiger partial charge is 0.427 e. The van der Waals surface area contributed by atoms with Gasteiger partial charge in [0.05, 0.1) is 11.6 Å². The zero-order valence-corrected chi connectivity index (χ0v) is 18.6. The smallest absolute Gasteiger partial charge is 0.358 e. The Morgan fingerprint density at radius 1 is 1.06 bits per heavy atom. The summed E-state index contributed by atoms with van der Waals surface area (Å²) in [5, 5.41) is 8.94. The molecule has 0 radical (unpaired) electrons. The SMILES string of the molecule is CCOC(C(F)(F)F)(C(F)(F)F)[C@@]1(CCc2ccc(C#N)cc2)CCN(Cc2cccnc2)C1. The molecule has 1 aromatic carbocycles.